The molecule has 4 heteroatoms. The second kappa shape index (κ2) is 9.00. The number of hydrogen-bond donors (Lipinski definition) is 1. The van der Waals surface area contributed by atoms with E-state index in [1.807, 2.05) is 25.1 Å². The Labute approximate surface area is 120 Å². The Bertz CT molecular complexity index is 488. The van der Waals surface area contributed by atoms with E-state index in [4.69, 9.17) is 9.84 Å². The fourth-order valence-electron chi connectivity index (χ4n) is 1.59. The number of rotatable bonds is 7. The van der Waals surface area contributed by atoms with E-state index < -0.39 is 0 Å². The summed E-state index contributed by atoms with van der Waals surface area (Å²) >= 11 is 0. The highest BCUT2D eigenvalue weighted by Gasteiger charge is 2.08. The second-order valence-corrected chi connectivity index (χ2v) is 4.38. The molecular formula is C16H21NO3. The van der Waals surface area contributed by atoms with Gasteiger partial charge in [-0.3, -0.25) is 4.79 Å². The third-order valence-electron chi connectivity index (χ3n) is 2.65. The van der Waals surface area contributed by atoms with Crippen molar-refractivity contribution in [2.24, 2.45) is 0 Å². The zero-order valence-electron chi connectivity index (χ0n) is 12.1. The first kappa shape index (κ1) is 16.1. The minimum Gasteiger partial charge on any atom is -0.491 e. The van der Waals surface area contributed by atoms with Crippen LogP contribution >= 0.6 is 0 Å². The van der Waals surface area contributed by atoms with Crippen molar-refractivity contribution in [3.8, 4) is 17.6 Å². The van der Waals surface area contributed by atoms with Crippen molar-refractivity contribution in [3.63, 3.8) is 0 Å². The van der Waals surface area contributed by atoms with Crippen molar-refractivity contribution in [2.75, 3.05) is 25.2 Å². The van der Waals surface area contributed by atoms with Gasteiger partial charge in [-0.2, -0.15) is 0 Å². The molecule has 108 valence electrons. The van der Waals surface area contributed by atoms with Crippen LogP contribution in [0.2, 0.25) is 0 Å². The molecule has 0 aliphatic carbocycles. The van der Waals surface area contributed by atoms with Gasteiger partial charge < -0.3 is 14.7 Å². The number of aliphatic hydroxyl groups is 1. The predicted octanol–water partition coefficient (Wildman–Crippen LogP) is 2.19. The first-order valence-electron chi connectivity index (χ1n) is 6.77. The topological polar surface area (TPSA) is 49.8 Å². The van der Waals surface area contributed by atoms with Crippen LogP contribution < -0.4 is 9.64 Å². The standard InChI is InChI=1S/C16H21NO3/c1-3-11-20-16-9-8-14(7-5-4-6-10-18)12-15(16)17(2)13-19/h8-9,12-13,18H,3-4,6,10-11H2,1-2H3. The number of hydrogen-bond acceptors (Lipinski definition) is 3. The smallest absolute Gasteiger partial charge is 0.213 e. The fraction of sp³-hybridized carbons (Fsp3) is 0.438. The molecule has 1 N–H and O–H groups in total. The van der Waals surface area contributed by atoms with Gasteiger partial charge in [-0.05, 0) is 31.0 Å². The Morgan fingerprint density at radius 1 is 1.45 bits per heavy atom. The lowest BCUT2D eigenvalue weighted by atomic mass is 10.1. The summed E-state index contributed by atoms with van der Waals surface area (Å²) in [5.74, 6) is 6.70. The van der Waals surface area contributed by atoms with E-state index in [0.717, 1.165) is 18.4 Å². The molecule has 0 aliphatic rings. The number of nitrogens with zero attached hydrogens (tertiary/aromatic N) is 1. The molecule has 0 fully saturated rings. The van der Waals surface area contributed by atoms with Gasteiger partial charge in [-0.1, -0.05) is 18.8 Å². The van der Waals surface area contributed by atoms with Crippen LogP contribution in [-0.2, 0) is 4.79 Å². The largest absolute Gasteiger partial charge is 0.491 e. The van der Waals surface area contributed by atoms with Crippen molar-refractivity contribution in [1.82, 2.24) is 0 Å². The minimum absolute atomic E-state index is 0.150. The van der Waals surface area contributed by atoms with Crippen LogP contribution in [0.1, 0.15) is 31.7 Å². The molecule has 0 aromatic heterocycles. The predicted molar refractivity (Wildman–Crippen MR) is 79.9 cm³/mol. The summed E-state index contributed by atoms with van der Waals surface area (Å²) in [6.45, 7) is 2.79. The first-order valence-corrected chi connectivity index (χ1v) is 6.77. The summed E-state index contributed by atoms with van der Waals surface area (Å²) in [6.07, 6.45) is 2.99. The van der Waals surface area contributed by atoms with Crippen molar-refractivity contribution in [2.45, 2.75) is 26.2 Å². The number of aliphatic hydroxyl groups excluding tert-OH is 1. The van der Waals surface area contributed by atoms with E-state index in [9.17, 15) is 4.79 Å². The highest BCUT2D eigenvalue weighted by molar-refractivity contribution is 5.79. The molecule has 0 bridgehead atoms. The lowest BCUT2D eigenvalue weighted by Crippen LogP contribution is -2.15. The summed E-state index contributed by atoms with van der Waals surface area (Å²) in [6, 6.07) is 5.55. The number of benzene rings is 1. The average molecular weight is 275 g/mol. The number of ether oxygens (including phenoxy) is 1. The molecule has 0 saturated carbocycles. The molecule has 0 radical (unpaired) electrons. The lowest BCUT2D eigenvalue weighted by Gasteiger charge is -2.16. The number of amides is 1. The van der Waals surface area contributed by atoms with Gasteiger partial charge in [0.1, 0.15) is 5.75 Å². The van der Waals surface area contributed by atoms with E-state index >= 15 is 0 Å². The van der Waals surface area contributed by atoms with Gasteiger partial charge in [0.25, 0.3) is 0 Å². The molecule has 4 nitrogen and oxygen atoms in total. The Morgan fingerprint density at radius 3 is 2.90 bits per heavy atom. The SMILES string of the molecule is CCCOc1ccc(C#CCCCO)cc1N(C)C=O. The summed E-state index contributed by atoms with van der Waals surface area (Å²) < 4.78 is 5.63. The van der Waals surface area contributed by atoms with Gasteiger partial charge in [-0.25, -0.2) is 0 Å². The number of carbonyl (C=O) groups is 1. The van der Waals surface area contributed by atoms with Crippen molar-refractivity contribution < 1.29 is 14.6 Å². The highest BCUT2D eigenvalue weighted by Crippen LogP contribution is 2.28. The number of anilines is 1. The summed E-state index contributed by atoms with van der Waals surface area (Å²) in [5.41, 5.74) is 1.54. The zero-order chi connectivity index (χ0) is 14.8. The maximum atomic E-state index is 10.9. The molecule has 0 unspecified atom stereocenters. The monoisotopic (exact) mass is 275 g/mol. The fourth-order valence-corrected chi connectivity index (χ4v) is 1.59. The van der Waals surface area contributed by atoms with Crippen LogP contribution in [-0.4, -0.2) is 31.8 Å². The van der Waals surface area contributed by atoms with Crippen molar-refractivity contribution >= 4 is 12.1 Å². The van der Waals surface area contributed by atoms with E-state index in [1.54, 1.807) is 7.05 Å². The number of unbranched alkanes of at least 4 members (excludes halogenated alkanes) is 1. The van der Waals surface area contributed by atoms with Crippen molar-refractivity contribution in [3.05, 3.63) is 23.8 Å². The second-order valence-electron chi connectivity index (χ2n) is 4.38. The van der Waals surface area contributed by atoms with E-state index in [0.29, 0.717) is 30.9 Å². The van der Waals surface area contributed by atoms with Crippen molar-refractivity contribution in [1.29, 1.82) is 0 Å². The lowest BCUT2D eigenvalue weighted by molar-refractivity contribution is -0.107. The molecule has 20 heavy (non-hydrogen) atoms. The Morgan fingerprint density at radius 2 is 2.25 bits per heavy atom. The Balaban J connectivity index is 2.93. The summed E-state index contributed by atoms with van der Waals surface area (Å²) in [7, 11) is 1.68. The molecule has 1 aromatic rings. The molecule has 0 aliphatic heterocycles. The van der Waals surface area contributed by atoms with Crippen LogP contribution in [0.5, 0.6) is 5.75 Å². The summed E-state index contributed by atoms with van der Waals surface area (Å²) in [4.78, 5) is 12.4. The van der Waals surface area contributed by atoms with E-state index in [2.05, 4.69) is 11.8 Å². The third kappa shape index (κ3) is 4.94. The van der Waals surface area contributed by atoms with Gasteiger partial charge in [0.05, 0.1) is 12.3 Å². The Hall–Kier alpha value is -1.99. The average Bonchev–Trinajstić information content (AvgIpc) is 2.49. The molecule has 0 saturated heterocycles. The maximum absolute atomic E-state index is 10.9. The van der Waals surface area contributed by atoms with Crippen LogP contribution in [0.15, 0.2) is 18.2 Å². The molecule has 1 amide bonds. The Kier molecular flexibility index (Phi) is 7.23. The first-order chi connectivity index (χ1) is 9.72. The van der Waals surface area contributed by atoms with Gasteiger partial charge in [0.15, 0.2) is 0 Å². The van der Waals surface area contributed by atoms with Gasteiger partial charge in [-0.15, -0.1) is 0 Å². The highest BCUT2D eigenvalue weighted by atomic mass is 16.5. The molecule has 1 rings (SSSR count). The maximum Gasteiger partial charge on any atom is 0.213 e. The van der Waals surface area contributed by atoms with E-state index in [1.165, 1.54) is 4.90 Å². The molecule has 0 heterocycles. The van der Waals surface area contributed by atoms with Crippen LogP contribution in [0, 0.1) is 11.8 Å². The molecule has 1 aromatic carbocycles. The van der Waals surface area contributed by atoms with Gasteiger partial charge in [0, 0.05) is 25.6 Å². The third-order valence-corrected chi connectivity index (χ3v) is 2.65. The van der Waals surface area contributed by atoms with Gasteiger partial charge in [0.2, 0.25) is 6.41 Å². The van der Waals surface area contributed by atoms with Gasteiger partial charge >= 0.3 is 0 Å². The molecular weight excluding hydrogens is 254 g/mol. The quantitative estimate of drug-likeness (QED) is 0.471. The molecule has 0 atom stereocenters. The van der Waals surface area contributed by atoms with Crippen LogP contribution in [0.3, 0.4) is 0 Å². The minimum atomic E-state index is 0.150. The van der Waals surface area contributed by atoms with Crippen LogP contribution in [0.25, 0.3) is 0 Å². The normalized spacial score (nSPS) is 9.55. The molecule has 0 spiro atoms. The zero-order valence-corrected chi connectivity index (χ0v) is 12.1. The van der Waals surface area contributed by atoms with Crippen LogP contribution in [0.4, 0.5) is 5.69 Å². The summed E-state index contributed by atoms with van der Waals surface area (Å²) in [5, 5.41) is 8.70. The number of carbonyl (C=O) groups excluding carboxylic acids is 1. The van der Waals surface area contributed by atoms with E-state index in [-0.39, 0.29) is 6.61 Å².